The molecule has 8 nitrogen and oxygen atoms in total. The molecule has 4 rings (SSSR count). The molecule has 3 heterocycles. The molecule has 1 aromatic carbocycles. The van der Waals surface area contributed by atoms with Crippen LogP contribution in [0.4, 0.5) is 11.5 Å². The normalized spacial score (nSPS) is 15.9. The van der Waals surface area contributed by atoms with Gasteiger partial charge in [-0.25, -0.2) is 0 Å². The largest absolute Gasteiger partial charge is 0.469 e. The molecule has 1 aromatic heterocycles. The molecular formula is C17H18N4O4. The number of nitrogens with one attached hydrogen (secondary N) is 1. The van der Waals surface area contributed by atoms with Crippen LogP contribution in [0.3, 0.4) is 0 Å². The first-order valence-electron chi connectivity index (χ1n) is 8.10. The van der Waals surface area contributed by atoms with E-state index in [9.17, 15) is 9.59 Å². The molecular weight excluding hydrogens is 324 g/mol. The van der Waals surface area contributed by atoms with E-state index >= 15 is 0 Å². The second-order valence-corrected chi connectivity index (χ2v) is 6.05. The minimum atomic E-state index is -0.0160. The number of aromatic amines is 1. The Morgan fingerprint density at radius 2 is 2.08 bits per heavy atom. The van der Waals surface area contributed by atoms with E-state index in [0.717, 1.165) is 31.6 Å². The van der Waals surface area contributed by atoms with Crippen molar-refractivity contribution in [2.75, 3.05) is 24.7 Å². The Hall–Kier alpha value is -3.00. The van der Waals surface area contributed by atoms with E-state index in [1.54, 1.807) is 24.3 Å². The number of rotatable bonds is 4. The Labute approximate surface area is 144 Å². The minimum absolute atomic E-state index is 0.0160. The van der Waals surface area contributed by atoms with Gasteiger partial charge >= 0.3 is 0 Å². The van der Waals surface area contributed by atoms with E-state index in [0.29, 0.717) is 35.8 Å². The lowest BCUT2D eigenvalue weighted by Gasteiger charge is -2.18. The van der Waals surface area contributed by atoms with Crippen molar-refractivity contribution in [1.82, 2.24) is 9.88 Å². The zero-order valence-corrected chi connectivity index (χ0v) is 13.5. The van der Waals surface area contributed by atoms with Crippen molar-refractivity contribution in [3.63, 3.8) is 0 Å². The smallest absolute Gasteiger partial charge is 0.270 e. The number of ether oxygens (including phenoxy) is 1. The SMILES string of the molecule is NOc1cc(N2COc3cc(C(=O)N4CCCC4)[nH]c32)ccc1C=O. The van der Waals surface area contributed by atoms with Crippen LogP contribution >= 0.6 is 0 Å². The molecule has 0 spiro atoms. The van der Waals surface area contributed by atoms with Gasteiger partial charge in [-0.3, -0.25) is 14.5 Å². The summed E-state index contributed by atoms with van der Waals surface area (Å²) < 4.78 is 5.67. The number of anilines is 2. The molecule has 2 aliphatic heterocycles. The van der Waals surface area contributed by atoms with Crippen LogP contribution in [0.15, 0.2) is 24.3 Å². The maximum Gasteiger partial charge on any atom is 0.270 e. The molecule has 0 unspecified atom stereocenters. The van der Waals surface area contributed by atoms with Crippen LogP contribution in [0.1, 0.15) is 33.7 Å². The maximum absolute atomic E-state index is 12.5. The lowest BCUT2D eigenvalue weighted by atomic mass is 10.2. The summed E-state index contributed by atoms with van der Waals surface area (Å²) in [5.74, 6) is 6.82. The second-order valence-electron chi connectivity index (χ2n) is 6.05. The molecule has 1 fully saturated rings. The fraction of sp³-hybridized carbons (Fsp3) is 0.294. The van der Waals surface area contributed by atoms with Crippen molar-refractivity contribution in [1.29, 1.82) is 0 Å². The van der Waals surface area contributed by atoms with Crippen molar-refractivity contribution in [2.45, 2.75) is 12.8 Å². The van der Waals surface area contributed by atoms with E-state index in [1.165, 1.54) is 0 Å². The summed E-state index contributed by atoms with van der Waals surface area (Å²) in [5, 5.41) is 0. The van der Waals surface area contributed by atoms with Gasteiger partial charge in [0.05, 0.1) is 5.56 Å². The van der Waals surface area contributed by atoms with Gasteiger partial charge in [-0.15, -0.1) is 0 Å². The molecule has 8 heteroatoms. The lowest BCUT2D eigenvalue weighted by Crippen LogP contribution is -2.28. The average Bonchev–Trinajstić information content (AvgIpc) is 3.36. The molecule has 3 N–H and O–H groups in total. The first-order valence-corrected chi connectivity index (χ1v) is 8.10. The average molecular weight is 342 g/mol. The third kappa shape index (κ3) is 2.60. The number of benzene rings is 1. The van der Waals surface area contributed by atoms with Gasteiger partial charge in [0.25, 0.3) is 5.91 Å². The van der Waals surface area contributed by atoms with E-state index in [-0.39, 0.29) is 11.7 Å². The summed E-state index contributed by atoms with van der Waals surface area (Å²) in [4.78, 5) is 35.1. The van der Waals surface area contributed by atoms with Gasteiger partial charge in [-0.05, 0) is 25.0 Å². The highest BCUT2D eigenvalue weighted by molar-refractivity contribution is 5.95. The zero-order chi connectivity index (χ0) is 17.4. The first-order chi connectivity index (χ1) is 12.2. The number of fused-ring (bicyclic) bond motifs is 1. The zero-order valence-electron chi connectivity index (χ0n) is 13.5. The minimum Gasteiger partial charge on any atom is -0.469 e. The highest BCUT2D eigenvalue weighted by Crippen LogP contribution is 2.40. The summed E-state index contributed by atoms with van der Waals surface area (Å²) >= 11 is 0. The monoisotopic (exact) mass is 342 g/mol. The molecule has 2 aliphatic rings. The Morgan fingerprint density at radius 1 is 1.28 bits per heavy atom. The lowest BCUT2D eigenvalue weighted by molar-refractivity contribution is 0.0787. The summed E-state index contributed by atoms with van der Waals surface area (Å²) in [6, 6.07) is 6.79. The van der Waals surface area contributed by atoms with E-state index in [2.05, 4.69) is 4.98 Å². The van der Waals surface area contributed by atoms with Crippen LogP contribution in [-0.2, 0) is 0 Å². The van der Waals surface area contributed by atoms with E-state index in [1.807, 2.05) is 9.80 Å². The molecule has 0 saturated carbocycles. The van der Waals surface area contributed by atoms with Gasteiger partial charge in [0.15, 0.2) is 30.3 Å². The third-order valence-electron chi connectivity index (χ3n) is 4.57. The van der Waals surface area contributed by atoms with Crippen LogP contribution in [-0.4, -0.2) is 41.9 Å². The number of carbonyl (C=O) groups is 2. The number of H-pyrrole nitrogens is 1. The first kappa shape index (κ1) is 15.5. The Kier molecular flexibility index (Phi) is 3.81. The second kappa shape index (κ2) is 6.14. The van der Waals surface area contributed by atoms with Crippen LogP contribution < -0.4 is 20.4 Å². The highest BCUT2D eigenvalue weighted by Gasteiger charge is 2.29. The summed E-state index contributed by atoms with van der Waals surface area (Å²) in [5.41, 5.74) is 1.62. The number of aromatic nitrogens is 1. The van der Waals surface area contributed by atoms with Crippen molar-refractivity contribution in [3.8, 4) is 11.5 Å². The van der Waals surface area contributed by atoms with Gasteiger partial charge in [-0.2, -0.15) is 5.90 Å². The predicted octanol–water partition coefficient (Wildman–Crippen LogP) is 1.80. The van der Waals surface area contributed by atoms with Gasteiger partial charge in [0.1, 0.15) is 5.69 Å². The molecule has 0 aliphatic carbocycles. The van der Waals surface area contributed by atoms with Crippen LogP contribution in [0, 0.1) is 0 Å². The van der Waals surface area contributed by atoms with Gasteiger partial charge in [-0.1, -0.05) is 0 Å². The summed E-state index contributed by atoms with van der Waals surface area (Å²) in [6.45, 7) is 1.87. The van der Waals surface area contributed by atoms with Crippen molar-refractivity contribution < 1.29 is 19.2 Å². The number of aldehydes is 1. The molecule has 25 heavy (non-hydrogen) atoms. The van der Waals surface area contributed by atoms with Crippen molar-refractivity contribution >= 4 is 23.7 Å². The molecule has 1 amide bonds. The van der Waals surface area contributed by atoms with Gasteiger partial charge in [0, 0.05) is 30.9 Å². The molecule has 0 bridgehead atoms. The Bertz CT molecular complexity index is 826. The highest BCUT2D eigenvalue weighted by atomic mass is 16.6. The Balaban J connectivity index is 1.63. The number of carbonyl (C=O) groups excluding carboxylic acids is 2. The predicted molar refractivity (Wildman–Crippen MR) is 90.2 cm³/mol. The number of likely N-dealkylation sites (tertiary alicyclic amines) is 1. The Morgan fingerprint density at radius 3 is 2.80 bits per heavy atom. The standard InChI is InChI=1S/C17H18N4O4/c18-25-14-7-12(4-3-11(14)9-22)21-10-24-15-8-13(19-16(15)21)17(23)20-5-1-2-6-20/h3-4,7-9,19H,1-2,5-6,10,18H2. The van der Waals surface area contributed by atoms with Crippen LogP contribution in [0.2, 0.25) is 0 Å². The van der Waals surface area contributed by atoms with Crippen molar-refractivity contribution in [3.05, 3.63) is 35.5 Å². The van der Waals surface area contributed by atoms with Gasteiger partial charge < -0.3 is 19.5 Å². The molecule has 130 valence electrons. The van der Waals surface area contributed by atoms with E-state index < -0.39 is 0 Å². The van der Waals surface area contributed by atoms with Crippen molar-refractivity contribution in [2.24, 2.45) is 5.90 Å². The molecule has 2 aromatic rings. The fourth-order valence-electron chi connectivity index (χ4n) is 3.23. The molecule has 0 atom stereocenters. The fourth-order valence-corrected chi connectivity index (χ4v) is 3.23. The van der Waals surface area contributed by atoms with E-state index in [4.69, 9.17) is 15.5 Å². The number of amides is 1. The number of hydrogen-bond donors (Lipinski definition) is 2. The maximum atomic E-state index is 12.5. The molecule has 1 saturated heterocycles. The number of nitrogens with zero attached hydrogens (tertiary/aromatic N) is 2. The number of nitrogens with two attached hydrogens (primary N) is 1. The quantitative estimate of drug-likeness (QED) is 0.649. The number of hydrogen-bond acceptors (Lipinski definition) is 6. The topological polar surface area (TPSA) is 101 Å². The van der Waals surface area contributed by atoms with Gasteiger partial charge in [0.2, 0.25) is 0 Å². The summed E-state index contributed by atoms with van der Waals surface area (Å²) in [7, 11) is 0. The molecule has 0 radical (unpaired) electrons. The van der Waals surface area contributed by atoms with Crippen LogP contribution in [0.25, 0.3) is 0 Å². The van der Waals surface area contributed by atoms with Crippen LogP contribution in [0.5, 0.6) is 11.5 Å². The summed E-state index contributed by atoms with van der Waals surface area (Å²) in [6.07, 6.45) is 2.76. The third-order valence-corrected chi connectivity index (χ3v) is 4.57.